The lowest BCUT2D eigenvalue weighted by atomic mass is 10.1. The lowest BCUT2D eigenvalue weighted by Gasteiger charge is -2.16. The van der Waals surface area contributed by atoms with Crippen molar-refractivity contribution in [1.82, 2.24) is 5.32 Å². The minimum Gasteiger partial charge on any atom is -0.309 e. The highest BCUT2D eigenvalue weighted by Gasteiger charge is 2.19. The molecule has 1 atom stereocenters. The third-order valence-electron chi connectivity index (χ3n) is 2.77. The van der Waals surface area contributed by atoms with Crippen molar-refractivity contribution >= 4 is 45.9 Å². The first-order chi connectivity index (χ1) is 8.63. The Morgan fingerprint density at radius 3 is 2.61 bits per heavy atom. The van der Waals surface area contributed by atoms with E-state index in [1.807, 2.05) is 18.4 Å². The number of nitrogens with one attached hydrogen (secondary N) is 1. The van der Waals surface area contributed by atoms with Crippen LogP contribution in [-0.4, -0.2) is 6.54 Å². The Hall–Kier alpha value is -0.0600. The molecular formula is C13H15Cl2NS2. The van der Waals surface area contributed by atoms with Crippen LogP contribution in [-0.2, 0) is 6.42 Å². The first kappa shape index (κ1) is 14.4. The topological polar surface area (TPSA) is 12.0 Å². The SMILES string of the molecule is CCNC(Cc1sccc1Cl)c1scc(C)c1Cl. The average molecular weight is 320 g/mol. The number of halogens is 2. The third kappa shape index (κ3) is 3.09. The van der Waals surface area contributed by atoms with Crippen molar-refractivity contribution in [2.45, 2.75) is 26.3 Å². The van der Waals surface area contributed by atoms with Gasteiger partial charge in [0.05, 0.1) is 10.0 Å². The smallest absolute Gasteiger partial charge is 0.0590 e. The molecule has 0 aliphatic heterocycles. The Morgan fingerprint density at radius 1 is 1.33 bits per heavy atom. The monoisotopic (exact) mass is 319 g/mol. The van der Waals surface area contributed by atoms with Crippen LogP contribution in [0, 0.1) is 6.92 Å². The number of likely N-dealkylation sites (N-methyl/N-ethyl adjacent to an activating group) is 1. The molecule has 0 aromatic carbocycles. The van der Waals surface area contributed by atoms with Crippen LogP contribution in [0.4, 0.5) is 0 Å². The van der Waals surface area contributed by atoms with Gasteiger partial charge in [0.15, 0.2) is 0 Å². The standard InChI is InChI=1S/C13H15Cl2NS2/c1-3-16-10(6-11-9(14)4-5-17-11)13-12(15)8(2)7-18-13/h4-5,7,10,16H,3,6H2,1-2H3. The largest absolute Gasteiger partial charge is 0.309 e. The van der Waals surface area contributed by atoms with E-state index in [9.17, 15) is 0 Å². The molecule has 0 saturated carbocycles. The Balaban J connectivity index is 2.23. The lowest BCUT2D eigenvalue weighted by molar-refractivity contribution is 0.562. The molecule has 2 rings (SSSR count). The molecule has 0 saturated heterocycles. The van der Waals surface area contributed by atoms with E-state index in [1.165, 1.54) is 9.75 Å². The van der Waals surface area contributed by atoms with Gasteiger partial charge in [-0.15, -0.1) is 22.7 Å². The van der Waals surface area contributed by atoms with E-state index in [4.69, 9.17) is 23.2 Å². The summed E-state index contributed by atoms with van der Waals surface area (Å²) in [4.78, 5) is 2.42. The molecule has 5 heteroatoms. The second kappa shape index (κ2) is 6.40. The average Bonchev–Trinajstić information content (AvgIpc) is 2.88. The van der Waals surface area contributed by atoms with Crippen LogP contribution in [0.25, 0.3) is 0 Å². The van der Waals surface area contributed by atoms with Crippen molar-refractivity contribution in [1.29, 1.82) is 0 Å². The van der Waals surface area contributed by atoms with E-state index in [0.717, 1.165) is 28.6 Å². The molecule has 2 aromatic heterocycles. The lowest BCUT2D eigenvalue weighted by Crippen LogP contribution is -2.22. The number of rotatable bonds is 5. The zero-order valence-electron chi connectivity index (χ0n) is 10.3. The van der Waals surface area contributed by atoms with Crippen molar-refractivity contribution in [2.75, 3.05) is 6.54 Å². The fraction of sp³-hybridized carbons (Fsp3) is 0.385. The number of aryl methyl sites for hydroxylation is 1. The van der Waals surface area contributed by atoms with E-state index >= 15 is 0 Å². The Morgan fingerprint density at radius 2 is 2.11 bits per heavy atom. The fourth-order valence-electron chi connectivity index (χ4n) is 1.84. The molecule has 1 nitrogen and oxygen atoms in total. The molecule has 2 aromatic rings. The van der Waals surface area contributed by atoms with Gasteiger partial charge in [-0.2, -0.15) is 0 Å². The van der Waals surface area contributed by atoms with Gasteiger partial charge >= 0.3 is 0 Å². The number of hydrogen-bond donors (Lipinski definition) is 1. The van der Waals surface area contributed by atoms with E-state index in [0.29, 0.717) is 0 Å². The van der Waals surface area contributed by atoms with Gasteiger partial charge in [-0.1, -0.05) is 30.1 Å². The highest BCUT2D eigenvalue weighted by atomic mass is 35.5. The summed E-state index contributed by atoms with van der Waals surface area (Å²) in [6.45, 7) is 5.07. The first-order valence-electron chi connectivity index (χ1n) is 5.82. The number of hydrogen-bond acceptors (Lipinski definition) is 3. The van der Waals surface area contributed by atoms with Crippen molar-refractivity contribution in [3.05, 3.63) is 42.2 Å². The van der Waals surface area contributed by atoms with Gasteiger partial charge in [0, 0.05) is 22.2 Å². The molecule has 0 bridgehead atoms. The normalized spacial score (nSPS) is 12.9. The van der Waals surface area contributed by atoms with Crippen LogP contribution in [0.15, 0.2) is 16.8 Å². The predicted molar refractivity (Wildman–Crippen MR) is 83.5 cm³/mol. The van der Waals surface area contributed by atoms with Gasteiger partial charge in [-0.25, -0.2) is 0 Å². The highest BCUT2D eigenvalue weighted by Crippen LogP contribution is 2.36. The molecule has 0 spiro atoms. The summed E-state index contributed by atoms with van der Waals surface area (Å²) >= 11 is 15.9. The summed E-state index contributed by atoms with van der Waals surface area (Å²) in [6.07, 6.45) is 0.893. The molecule has 98 valence electrons. The quantitative estimate of drug-likeness (QED) is 0.786. The van der Waals surface area contributed by atoms with Gasteiger partial charge < -0.3 is 5.32 Å². The summed E-state index contributed by atoms with van der Waals surface area (Å²) in [6, 6.07) is 2.20. The summed E-state index contributed by atoms with van der Waals surface area (Å²) in [5, 5.41) is 9.37. The van der Waals surface area contributed by atoms with Crippen molar-refractivity contribution in [2.24, 2.45) is 0 Å². The maximum Gasteiger partial charge on any atom is 0.0590 e. The van der Waals surface area contributed by atoms with Crippen molar-refractivity contribution in [3.63, 3.8) is 0 Å². The van der Waals surface area contributed by atoms with E-state index in [2.05, 4.69) is 17.6 Å². The molecule has 0 fully saturated rings. The summed E-state index contributed by atoms with van der Waals surface area (Å²) < 4.78 is 0. The Bertz CT molecular complexity index is 519. The minimum absolute atomic E-state index is 0.248. The van der Waals surface area contributed by atoms with Crippen LogP contribution in [0.5, 0.6) is 0 Å². The summed E-state index contributed by atoms with van der Waals surface area (Å²) in [5.74, 6) is 0. The Kier molecular flexibility index (Phi) is 5.10. The summed E-state index contributed by atoms with van der Waals surface area (Å²) in [5.41, 5.74) is 1.15. The molecule has 0 aliphatic rings. The zero-order valence-corrected chi connectivity index (χ0v) is 13.4. The molecule has 2 heterocycles. The molecule has 1 N–H and O–H groups in total. The highest BCUT2D eigenvalue weighted by molar-refractivity contribution is 7.11. The first-order valence-corrected chi connectivity index (χ1v) is 8.33. The van der Waals surface area contributed by atoms with Crippen LogP contribution in [0.3, 0.4) is 0 Å². The predicted octanol–water partition coefficient (Wildman–Crippen LogP) is 5.32. The molecule has 0 aliphatic carbocycles. The van der Waals surface area contributed by atoms with Gasteiger partial charge in [0.2, 0.25) is 0 Å². The van der Waals surface area contributed by atoms with Gasteiger partial charge in [-0.05, 0) is 35.9 Å². The third-order valence-corrected chi connectivity index (χ3v) is 6.01. The molecular weight excluding hydrogens is 305 g/mol. The molecule has 0 amide bonds. The fourth-order valence-corrected chi connectivity index (χ4v) is 4.41. The maximum absolute atomic E-state index is 6.36. The van der Waals surface area contributed by atoms with Gasteiger partial charge in [-0.3, -0.25) is 0 Å². The zero-order chi connectivity index (χ0) is 13.1. The summed E-state index contributed by atoms with van der Waals surface area (Å²) in [7, 11) is 0. The van der Waals surface area contributed by atoms with Gasteiger partial charge in [0.25, 0.3) is 0 Å². The van der Waals surface area contributed by atoms with Crippen LogP contribution in [0.1, 0.15) is 28.3 Å². The minimum atomic E-state index is 0.248. The van der Waals surface area contributed by atoms with Crippen molar-refractivity contribution < 1.29 is 0 Å². The van der Waals surface area contributed by atoms with Crippen LogP contribution in [0.2, 0.25) is 10.0 Å². The number of thiophene rings is 2. The molecule has 18 heavy (non-hydrogen) atoms. The van der Waals surface area contributed by atoms with E-state index in [1.54, 1.807) is 22.7 Å². The second-order valence-electron chi connectivity index (χ2n) is 4.10. The van der Waals surface area contributed by atoms with Gasteiger partial charge in [0.1, 0.15) is 0 Å². The van der Waals surface area contributed by atoms with Crippen molar-refractivity contribution in [3.8, 4) is 0 Å². The Labute approximate surface area is 126 Å². The van der Waals surface area contributed by atoms with Crippen LogP contribution < -0.4 is 5.32 Å². The second-order valence-corrected chi connectivity index (χ2v) is 6.80. The molecule has 1 unspecified atom stereocenters. The maximum atomic E-state index is 6.36. The van der Waals surface area contributed by atoms with Crippen LogP contribution >= 0.6 is 45.9 Å². The van der Waals surface area contributed by atoms with E-state index < -0.39 is 0 Å². The van der Waals surface area contributed by atoms with E-state index in [-0.39, 0.29) is 6.04 Å². The molecule has 0 radical (unpaired) electrons.